The number of carbonyl (C=O) groups excluding carboxylic acids is 1. The van der Waals surface area contributed by atoms with E-state index in [1.165, 1.54) is 11.3 Å². The van der Waals surface area contributed by atoms with Gasteiger partial charge >= 0.3 is 5.97 Å². The van der Waals surface area contributed by atoms with Crippen molar-refractivity contribution < 1.29 is 9.53 Å². The molecule has 0 unspecified atom stereocenters. The summed E-state index contributed by atoms with van der Waals surface area (Å²) in [6.45, 7) is 2.19. The van der Waals surface area contributed by atoms with Crippen molar-refractivity contribution in [2.45, 2.75) is 13.5 Å². The van der Waals surface area contributed by atoms with Crippen LogP contribution in [0.3, 0.4) is 0 Å². The van der Waals surface area contributed by atoms with Gasteiger partial charge in [-0.05, 0) is 17.9 Å². The topological polar surface area (TPSA) is 98.1 Å². The summed E-state index contributed by atoms with van der Waals surface area (Å²) < 4.78 is 4.77. The largest absolute Gasteiger partial charge is 0.460 e. The van der Waals surface area contributed by atoms with Gasteiger partial charge in [0.05, 0.1) is 12.0 Å². The molecule has 2 rings (SSSR count). The fourth-order valence-electron chi connectivity index (χ4n) is 1.45. The summed E-state index contributed by atoms with van der Waals surface area (Å²) in [5, 5.41) is 2.22. The van der Waals surface area contributed by atoms with Crippen LogP contribution in [0.5, 0.6) is 0 Å². The predicted octanol–water partition coefficient (Wildman–Crippen LogP) is 1.04. The number of fused-ring (bicyclic) bond motifs is 1. The summed E-state index contributed by atoms with van der Waals surface area (Å²) in [5.74, 6) is -0.705. The number of hydrogen-bond donors (Lipinski definition) is 2. The second-order valence-corrected chi connectivity index (χ2v) is 4.14. The average molecular weight is 290 g/mol. The summed E-state index contributed by atoms with van der Waals surface area (Å²) in [6, 6.07) is 0. The van der Waals surface area contributed by atoms with Gasteiger partial charge in [0.25, 0.3) is 5.56 Å². The zero-order valence-electron chi connectivity index (χ0n) is 9.56. The molecule has 0 fully saturated rings. The first-order valence-corrected chi connectivity index (χ1v) is 5.93. The van der Waals surface area contributed by atoms with E-state index in [9.17, 15) is 9.59 Å². The number of aromatic amines is 1. The molecular formula is C10H12ClN3O3S. The van der Waals surface area contributed by atoms with Crippen LogP contribution in [0.15, 0.2) is 10.2 Å². The molecule has 0 spiro atoms. The van der Waals surface area contributed by atoms with Crippen LogP contribution in [-0.2, 0) is 11.3 Å². The van der Waals surface area contributed by atoms with Crippen LogP contribution in [0.25, 0.3) is 10.2 Å². The standard InChI is InChI=1S/C10H11N3O3S.ClH/c1-2-16-10(15)7-12-8(14)6-5(3-11)4-17-9(6)13-7;/h4H,2-3,11H2,1H3,(H,12,13,14);1H. The average Bonchev–Trinajstić information content (AvgIpc) is 2.72. The molecule has 0 aliphatic rings. The maximum Gasteiger partial charge on any atom is 0.374 e. The fraction of sp³-hybridized carbons (Fsp3) is 0.300. The highest BCUT2D eigenvalue weighted by Gasteiger charge is 2.15. The molecule has 2 aromatic rings. The monoisotopic (exact) mass is 289 g/mol. The number of halogens is 1. The van der Waals surface area contributed by atoms with Gasteiger partial charge in [-0.25, -0.2) is 9.78 Å². The van der Waals surface area contributed by atoms with Crippen molar-refractivity contribution >= 4 is 39.9 Å². The van der Waals surface area contributed by atoms with Gasteiger partial charge in [0, 0.05) is 6.54 Å². The lowest BCUT2D eigenvalue weighted by molar-refractivity contribution is 0.0512. The number of hydrogen-bond acceptors (Lipinski definition) is 6. The van der Waals surface area contributed by atoms with Crippen LogP contribution in [0, 0.1) is 0 Å². The van der Waals surface area contributed by atoms with Crippen molar-refractivity contribution in [1.29, 1.82) is 0 Å². The van der Waals surface area contributed by atoms with Crippen LogP contribution >= 0.6 is 23.7 Å². The molecule has 0 bridgehead atoms. The van der Waals surface area contributed by atoms with Crippen molar-refractivity contribution in [2.24, 2.45) is 5.73 Å². The first-order valence-electron chi connectivity index (χ1n) is 5.05. The number of aromatic nitrogens is 2. The van der Waals surface area contributed by atoms with Crippen molar-refractivity contribution in [3.8, 4) is 0 Å². The van der Waals surface area contributed by atoms with E-state index in [4.69, 9.17) is 10.5 Å². The third-order valence-electron chi connectivity index (χ3n) is 2.21. The number of nitrogens with two attached hydrogens (primary N) is 1. The predicted molar refractivity (Wildman–Crippen MR) is 71.3 cm³/mol. The van der Waals surface area contributed by atoms with E-state index in [0.717, 1.165) is 5.56 Å². The molecular weight excluding hydrogens is 278 g/mol. The van der Waals surface area contributed by atoms with E-state index in [1.807, 2.05) is 0 Å². The smallest absolute Gasteiger partial charge is 0.374 e. The van der Waals surface area contributed by atoms with E-state index >= 15 is 0 Å². The normalized spacial score (nSPS) is 10.1. The number of H-pyrrole nitrogens is 1. The molecule has 3 N–H and O–H groups in total. The summed E-state index contributed by atoms with van der Waals surface area (Å²) in [4.78, 5) is 30.2. The molecule has 0 aliphatic carbocycles. The zero-order chi connectivity index (χ0) is 12.4. The Balaban J connectivity index is 0.00000162. The first-order chi connectivity index (χ1) is 8.17. The van der Waals surface area contributed by atoms with Crippen molar-refractivity contribution in [3.63, 3.8) is 0 Å². The Morgan fingerprint density at radius 1 is 1.61 bits per heavy atom. The van der Waals surface area contributed by atoms with Crippen LogP contribution in [0.1, 0.15) is 23.1 Å². The highest BCUT2D eigenvalue weighted by Crippen LogP contribution is 2.20. The van der Waals surface area contributed by atoms with Crippen LogP contribution in [-0.4, -0.2) is 22.5 Å². The number of esters is 1. The Kier molecular flexibility index (Phi) is 4.83. The summed E-state index contributed by atoms with van der Waals surface area (Å²) in [5.41, 5.74) is 5.88. The molecule has 0 atom stereocenters. The number of nitrogens with one attached hydrogen (secondary N) is 1. The van der Waals surface area contributed by atoms with Gasteiger partial charge in [-0.3, -0.25) is 4.79 Å². The molecule has 0 saturated heterocycles. The Labute approximate surface area is 113 Å². The van der Waals surface area contributed by atoms with E-state index < -0.39 is 5.97 Å². The fourth-order valence-corrected chi connectivity index (χ4v) is 2.41. The van der Waals surface area contributed by atoms with Crippen molar-refractivity contribution in [1.82, 2.24) is 9.97 Å². The van der Waals surface area contributed by atoms with Gasteiger partial charge in [-0.2, -0.15) is 0 Å². The van der Waals surface area contributed by atoms with Gasteiger partial charge in [-0.1, -0.05) is 0 Å². The molecule has 2 heterocycles. The van der Waals surface area contributed by atoms with Crippen LogP contribution < -0.4 is 11.3 Å². The van der Waals surface area contributed by atoms with Gasteiger partial charge in [0.2, 0.25) is 5.82 Å². The van der Waals surface area contributed by atoms with E-state index in [1.54, 1.807) is 12.3 Å². The lowest BCUT2D eigenvalue weighted by Gasteiger charge is -2.00. The molecule has 0 aliphatic heterocycles. The van der Waals surface area contributed by atoms with Gasteiger partial charge in [0.15, 0.2) is 0 Å². The Morgan fingerprint density at radius 2 is 2.33 bits per heavy atom. The Morgan fingerprint density at radius 3 is 2.94 bits per heavy atom. The number of nitrogens with zero attached hydrogens (tertiary/aromatic N) is 1. The maximum absolute atomic E-state index is 11.8. The number of ether oxygens (including phenoxy) is 1. The summed E-state index contributed by atoms with van der Waals surface area (Å²) in [6.07, 6.45) is 0. The second kappa shape index (κ2) is 5.94. The molecule has 0 radical (unpaired) electrons. The molecule has 0 aromatic carbocycles. The van der Waals surface area contributed by atoms with Crippen LogP contribution in [0.2, 0.25) is 0 Å². The quantitative estimate of drug-likeness (QED) is 0.823. The maximum atomic E-state index is 11.8. The third kappa shape index (κ3) is 2.53. The minimum atomic E-state index is -0.630. The molecule has 2 aromatic heterocycles. The summed E-state index contributed by atoms with van der Waals surface area (Å²) in [7, 11) is 0. The van der Waals surface area contributed by atoms with E-state index in [0.29, 0.717) is 10.2 Å². The minimum absolute atomic E-state index is 0. The Bertz CT molecular complexity index is 622. The molecule has 18 heavy (non-hydrogen) atoms. The van der Waals surface area contributed by atoms with Crippen molar-refractivity contribution in [2.75, 3.05) is 6.61 Å². The number of rotatable bonds is 3. The molecule has 98 valence electrons. The highest BCUT2D eigenvalue weighted by atomic mass is 35.5. The number of carbonyl (C=O) groups is 1. The Hall–Kier alpha value is -1.44. The first kappa shape index (κ1) is 14.6. The zero-order valence-corrected chi connectivity index (χ0v) is 11.2. The van der Waals surface area contributed by atoms with E-state index in [-0.39, 0.29) is 36.9 Å². The van der Waals surface area contributed by atoms with E-state index in [2.05, 4.69) is 9.97 Å². The van der Waals surface area contributed by atoms with Crippen LogP contribution in [0.4, 0.5) is 0 Å². The second-order valence-electron chi connectivity index (χ2n) is 3.28. The highest BCUT2D eigenvalue weighted by molar-refractivity contribution is 7.16. The van der Waals surface area contributed by atoms with Gasteiger partial charge in [-0.15, -0.1) is 23.7 Å². The van der Waals surface area contributed by atoms with Crippen molar-refractivity contribution in [3.05, 3.63) is 27.1 Å². The molecule has 0 amide bonds. The summed E-state index contributed by atoms with van der Waals surface area (Å²) >= 11 is 1.28. The van der Waals surface area contributed by atoms with Gasteiger partial charge < -0.3 is 15.5 Å². The SMILES string of the molecule is CCOC(=O)c1nc2scc(CN)c2c(=O)[nH]1.Cl. The lowest BCUT2D eigenvalue weighted by atomic mass is 10.2. The number of thiophene rings is 1. The molecule has 6 nitrogen and oxygen atoms in total. The minimum Gasteiger partial charge on any atom is -0.460 e. The third-order valence-corrected chi connectivity index (χ3v) is 3.13. The molecule has 8 heteroatoms. The lowest BCUT2D eigenvalue weighted by Crippen LogP contribution is -2.18. The molecule has 0 saturated carbocycles. The van der Waals surface area contributed by atoms with Gasteiger partial charge in [0.1, 0.15) is 4.83 Å².